The number of hydrogen-bond donors (Lipinski definition) is 1. The third-order valence-electron chi connectivity index (χ3n) is 2.76. The van der Waals surface area contributed by atoms with Crippen LogP contribution in [-0.2, 0) is 0 Å². The zero-order valence-corrected chi connectivity index (χ0v) is 11.7. The summed E-state index contributed by atoms with van der Waals surface area (Å²) in [4.78, 5) is 1.83. The summed E-state index contributed by atoms with van der Waals surface area (Å²) >= 11 is 7.25. The van der Waals surface area contributed by atoms with E-state index < -0.39 is 5.82 Å². The first kappa shape index (κ1) is 13.2. The molecule has 18 heavy (non-hydrogen) atoms. The second-order valence-electron chi connectivity index (χ2n) is 4.15. The quantitative estimate of drug-likeness (QED) is 0.798. The Labute approximate surface area is 115 Å². The highest BCUT2D eigenvalue weighted by Crippen LogP contribution is 2.35. The predicted molar refractivity (Wildman–Crippen MR) is 75.9 cm³/mol. The fourth-order valence-electron chi connectivity index (χ4n) is 1.54. The van der Waals surface area contributed by atoms with Crippen molar-refractivity contribution in [3.05, 3.63) is 52.3 Å². The molecule has 2 aromatic carbocycles. The zero-order valence-electron chi connectivity index (χ0n) is 10.1. The van der Waals surface area contributed by atoms with E-state index in [1.807, 2.05) is 6.07 Å². The Morgan fingerprint density at radius 3 is 2.50 bits per heavy atom. The van der Waals surface area contributed by atoms with E-state index in [2.05, 4.69) is 26.0 Å². The molecule has 0 aliphatic heterocycles. The van der Waals surface area contributed by atoms with Crippen molar-refractivity contribution < 1.29 is 4.39 Å². The van der Waals surface area contributed by atoms with Gasteiger partial charge < -0.3 is 5.73 Å². The standard InChI is InChI=1S/C14H13ClFNS/c1-8-3-4-10(5-9(8)2)18-14-6-11(15)12(16)7-13(14)17/h3-7H,17H2,1-2H3. The Morgan fingerprint density at radius 2 is 1.83 bits per heavy atom. The van der Waals surface area contributed by atoms with Crippen LogP contribution < -0.4 is 5.73 Å². The van der Waals surface area contributed by atoms with Crippen LogP contribution in [0.15, 0.2) is 40.1 Å². The van der Waals surface area contributed by atoms with E-state index in [0.717, 1.165) is 9.79 Å². The maximum Gasteiger partial charge on any atom is 0.143 e. The molecule has 0 amide bonds. The summed E-state index contributed by atoms with van der Waals surface area (Å²) < 4.78 is 13.2. The normalized spacial score (nSPS) is 10.7. The van der Waals surface area contributed by atoms with E-state index in [4.69, 9.17) is 17.3 Å². The first-order valence-corrected chi connectivity index (χ1v) is 6.66. The lowest BCUT2D eigenvalue weighted by Crippen LogP contribution is -1.91. The third kappa shape index (κ3) is 2.79. The minimum absolute atomic E-state index is 0.0931. The lowest BCUT2D eigenvalue weighted by molar-refractivity contribution is 0.628. The van der Waals surface area contributed by atoms with Crippen molar-refractivity contribution in [2.45, 2.75) is 23.6 Å². The molecule has 0 fully saturated rings. The molecule has 2 rings (SSSR count). The van der Waals surface area contributed by atoms with Gasteiger partial charge in [0, 0.05) is 15.5 Å². The summed E-state index contributed by atoms with van der Waals surface area (Å²) in [5, 5.41) is 0.0931. The molecule has 0 atom stereocenters. The van der Waals surface area contributed by atoms with Crippen LogP contribution in [0.3, 0.4) is 0 Å². The van der Waals surface area contributed by atoms with Crippen LogP contribution in [-0.4, -0.2) is 0 Å². The van der Waals surface area contributed by atoms with Gasteiger partial charge >= 0.3 is 0 Å². The molecule has 0 heterocycles. The predicted octanol–water partition coefficient (Wildman–Crippen LogP) is 4.83. The van der Waals surface area contributed by atoms with Gasteiger partial charge in [-0.15, -0.1) is 0 Å². The van der Waals surface area contributed by atoms with Gasteiger partial charge in [-0.1, -0.05) is 29.4 Å². The molecule has 4 heteroatoms. The van der Waals surface area contributed by atoms with Crippen LogP contribution in [0, 0.1) is 19.7 Å². The fourth-order valence-corrected chi connectivity index (χ4v) is 2.74. The van der Waals surface area contributed by atoms with Gasteiger partial charge in [-0.05, 0) is 49.2 Å². The van der Waals surface area contributed by atoms with Crippen LogP contribution in [0.1, 0.15) is 11.1 Å². The molecule has 0 saturated carbocycles. The monoisotopic (exact) mass is 281 g/mol. The number of anilines is 1. The Hall–Kier alpha value is -1.19. The van der Waals surface area contributed by atoms with Crippen molar-refractivity contribution >= 4 is 29.1 Å². The summed E-state index contributed by atoms with van der Waals surface area (Å²) in [6.07, 6.45) is 0. The van der Waals surface area contributed by atoms with E-state index in [9.17, 15) is 4.39 Å². The van der Waals surface area contributed by atoms with Gasteiger partial charge in [0.15, 0.2) is 0 Å². The van der Waals surface area contributed by atoms with Gasteiger partial charge in [0.05, 0.1) is 5.02 Å². The maximum atomic E-state index is 13.2. The lowest BCUT2D eigenvalue weighted by atomic mass is 10.1. The van der Waals surface area contributed by atoms with Crippen molar-refractivity contribution in [1.82, 2.24) is 0 Å². The molecule has 1 nitrogen and oxygen atoms in total. The van der Waals surface area contributed by atoms with Crippen molar-refractivity contribution in [2.24, 2.45) is 0 Å². The highest BCUT2D eigenvalue weighted by Gasteiger charge is 2.08. The summed E-state index contributed by atoms with van der Waals surface area (Å²) in [6.45, 7) is 4.12. The molecule has 0 bridgehead atoms. The second kappa shape index (κ2) is 5.21. The number of halogens is 2. The van der Waals surface area contributed by atoms with Crippen LogP contribution in [0.4, 0.5) is 10.1 Å². The van der Waals surface area contributed by atoms with Gasteiger partial charge in [-0.25, -0.2) is 4.39 Å². The molecule has 0 aromatic heterocycles. The van der Waals surface area contributed by atoms with Gasteiger partial charge in [0.1, 0.15) is 5.82 Å². The van der Waals surface area contributed by atoms with Crippen LogP contribution >= 0.6 is 23.4 Å². The van der Waals surface area contributed by atoms with Gasteiger partial charge in [-0.3, -0.25) is 0 Å². The van der Waals surface area contributed by atoms with Crippen LogP contribution in [0.5, 0.6) is 0 Å². The van der Waals surface area contributed by atoms with Crippen molar-refractivity contribution in [2.75, 3.05) is 5.73 Å². The third-order valence-corrected chi connectivity index (χ3v) is 4.11. The summed E-state index contributed by atoms with van der Waals surface area (Å²) in [5.41, 5.74) is 8.64. The Morgan fingerprint density at radius 1 is 1.11 bits per heavy atom. The molecule has 94 valence electrons. The van der Waals surface area contributed by atoms with Crippen LogP contribution in [0.2, 0.25) is 5.02 Å². The first-order valence-electron chi connectivity index (χ1n) is 5.47. The number of hydrogen-bond acceptors (Lipinski definition) is 2. The molecule has 0 radical (unpaired) electrons. The molecule has 0 saturated heterocycles. The number of nitrogen functional groups attached to an aromatic ring is 1. The second-order valence-corrected chi connectivity index (χ2v) is 5.67. The summed E-state index contributed by atoms with van der Waals surface area (Å²) in [7, 11) is 0. The minimum atomic E-state index is -0.487. The number of rotatable bonds is 2. The molecule has 2 N–H and O–H groups in total. The average Bonchev–Trinajstić information content (AvgIpc) is 2.31. The van der Waals surface area contributed by atoms with E-state index in [0.29, 0.717) is 5.69 Å². The van der Waals surface area contributed by atoms with Crippen molar-refractivity contribution in [3.63, 3.8) is 0 Å². The Balaban J connectivity index is 2.34. The van der Waals surface area contributed by atoms with Gasteiger partial charge in [0.2, 0.25) is 0 Å². The number of aryl methyl sites for hydroxylation is 2. The van der Waals surface area contributed by atoms with Crippen LogP contribution in [0.25, 0.3) is 0 Å². The molecular weight excluding hydrogens is 269 g/mol. The highest BCUT2D eigenvalue weighted by atomic mass is 35.5. The minimum Gasteiger partial charge on any atom is -0.398 e. The smallest absolute Gasteiger partial charge is 0.143 e. The molecule has 0 spiro atoms. The Kier molecular flexibility index (Phi) is 3.83. The van der Waals surface area contributed by atoms with E-state index >= 15 is 0 Å². The van der Waals surface area contributed by atoms with E-state index in [1.165, 1.54) is 29.0 Å². The molecule has 0 aliphatic rings. The topological polar surface area (TPSA) is 26.0 Å². The molecular formula is C14H13ClFNS. The molecule has 2 aromatic rings. The first-order chi connectivity index (χ1) is 8.47. The Bertz CT molecular complexity index is 599. The van der Waals surface area contributed by atoms with Crippen molar-refractivity contribution in [1.29, 1.82) is 0 Å². The van der Waals surface area contributed by atoms with Gasteiger partial charge in [0.25, 0.3) is 0 Å². The summed E-state index contributed by atoms with van der Waals surface area (Å²) in [6, 6.07) is 8.97. The number of benzene rings is 2. The summed E-state index contributed by atoms with van der Waals surface area (Å²) in [5.74, 6) is -0.487. The number of nitrogens with two attached hydrogens (primary N) is 1. The molecule has 0 unspecified atom stereocenters. The van der Waals surface area contributed by atoms with Crippen molar-refractivity contribution in [3.8, 4) is 0 Å². The van der Waals surface area contributed by atoms with E-state index in [1.54, 1.807) is 6.07 Å². The van der Waals surface area contributed by atoms with Gasteiger partial charge in [-0.2, -0.15) is 0 Å². The highest BCUT2D eigenvalue weighted by molar-refractivity contribution is 7.99. The average molecular weight is 282 g/mol. The maximum absolute atomic E-state index is 13.2. The van der Waals surface area contributed by atoms with E-state index in [-0.39, 0.29) is 5.02 Å². The largest absolute Gasteiger partial charge is 0.398 e. The SMILES string of the molecule is Cc1ccc(Sc2cc(Cl)c(F)cc2N)cc1C. The lowest BCUT2D eigenvalue weighted by Gasteiger charge is -2.08. The fraction of sp³-hybridized carbons (Fsp3) is 0.143. The molecule has 0 aliphatic carbocycles. The zero-order chi connectivity index (χ0) is 13.3.